The van der Waals surface area contributed by atoms with Crippen molar-refractivity contribution in [3.8, 4) is 39.4 Å². The molecule has 0 radical (unpaired) electrons. The Balaban J connectivity index is 1.78. The molecule has 3 aromatic carbocycles. The van der Waals surface area contributed by atoms with E-state index in [0.717, 1.165) is 23.1 Å². The van der Waals surface area contributed by atoms with E-state index in [1.807, 2.05) is 37.3 Å². The van der Waals surface area contributed by atoms with Crippen LogP contribution in [0.25, 0.3) is 39.3 Å². The van der Waals surface area contributed by atoms with Crippen molar-refractivity contribution in [2.45, 2.75) is 59.2 Å². The summed E-state index contributed by atoms with van der Waals surface area (Å²) in [6, 6.07) is 16.9. The zero-order chi connectivity index (χ0) is 31.3. The maximum absolute atomic E-state index is 15.8. The number of carboxylic acids is 1. The standard InChI is InChI=1S/C35H33F2N3O4/c1-19-24-12-9-17-43-31(24)26(37)18-25(19)30-27(32(34(41)42)44-35(3,4)5)20(2)38-33-28(21-13-15-23(36)16-14-21)29(39-40(30)33)22-10-7-6-8-11-22/h6-8,10-11,13-16,18,32H,9,12,17H2,1-5H3,(H,41,42). The number of aromatic nitrogens is 3. The Bertz CT molecular complexity index is 1890. The first-order valence-electron chi connectivity index (χ1n) is 14.5. The van der Waals surface area contributed by atoms with Crippen molar-refractivity contribution < 1.29 is 28.2 Å². The summed E-state index contributed by atoms with van der Waals surface area (Å²) < 4.78 is 43.2. The average Bonchev–Trinajstić information content (AvgIpc) is 3.36. The van der Waals surface area contributed by atoms with Crippen LogP contribution in [0.3, 0.4) is 0 Å². The number of benzene rings is 3. The number of aryl methyl sites for hydroxylation is 1. The third kappa shape index (κ3) is 5.21. The minimum atomic E-state index is -1.43. The fraction of sp³-hybridized carbons (Fsp3) is 0.286. The van der Waals surface area contributed by atoms with Crippen LogP contribution in [-0.2, 0) is 16.0 Å². The molecule has 0 saturated heterocycles. The van der Waals surface area contributed by atoms with Gasteiger partial charge in [-0.3, -0.25) is 0 Å². The zero-order valence-corrected chi connectivity index (χ0v) is 25.2. The lowest BCUT2D eigenvalue weighted by Crippen LogP contribution is -2.29. The molecule has 1 N–H and O–H groups in total. The van der Waals surface area contributed by atoms with Crippen molar-refractivity contribution >= 4 is 11.6 Å². The van der Waals surface area contributed by atoms with E-state index in [1.54, 1.807) is 44.3 Å². The molecule has 1 unspecified atom stereocenters. The second kappa shape index (κ2) is 11.1. The first-order valence-corrected chi connectivity index (χ1v) is 14.5. The van der Waals surface area contributed by atoms with Gasteiger partial charge in [0.25, 0.3) is 0 Å². The van der Waals surface area contributed by atoms with Gasteiger partial charge in [-0.15, -0.1) is 0 Å². The second-order valence-electron chi connectivity index (χ2n) is 12.0. The van der Waals surface area contributed by atoms with Crippen LogP contribution >= 0.6 is 0 Å². The number of aliphatic carboxylic acids is 1. The lowest BCUT2D eigenvalue weighted by atomic mass is 9.90. The first-order chi connectivity index (χ1) is 20.9. The summed E-state index contributed by atoms with van der Waals surface area (Å²) in [6.07, 6.45) is -0.0893. The Morgan fingerprint density at radius 3 is 2.41 bits per heavy atom. The van der Waals surface area contributed by atoms with E-state index in [9.17, 15) is 14.3 Å². The smallest absolute Gasteiger partial charge is 0.337 e. The number of halogens is 2. The molecular formula is C35H33F2N3O4. The van der Waals surface area contributed by atoms with Crippen molar-refractivity contribution in [2.75, 3.05) is 6.61 Å². The molecule has 7 nitrogen and oxygen atoms in total. The van der Waals surface area contributed by atoms with Crippen molar-refractivity contribution in [3.63, 3.8) is 0 Å². The minimum absolute atomic E-state index is 0.222. The molecule has 1 aliphatic rings. The van der Waals surface area contributed by atoms with Gasteiger partial charge in [0, 0.05) is 27.9 Å². The fourth-order valence-corrected chi connectivity index (χ4v) is 5.92. The fourth-order valence-electron chi connectivity index (χ4n) is 5.92. The maximum Gasteiger partial charge on any atom is 0.337 e. The molecule has 226 valence electrons. The molecule has 9 heteroatoms. The summed E-state index contributed by atoms with van der Waals surface area (Å²) >= 11 is 0. The summed E-state index contributed by atoms with van der Waals surface area (Å²) in [6.45, 7) is 9.36. The lowest BCUT2D eigenvalue weighted by Gasteiger charge is -2.28. The monoisotopic (exact) mass is 597 g/mol. The Morgan fingerprint density at radius 2 is 1.75 bits per heavy atom. The average molecular weight is 598 g/mol. The van der Waals surface area contributed by atoms with Crippen LogP contribution < -0.4 is 4.74 Å². The predicted molar refractivity (Wildman–Crippen MR) is 164 cm³/mol. The van der Waals surface area contributed by atoms with Crippen LogP contribution in [0.15, 0.2) is 60.7 Å². The summed E-state index contributed by atoms with van der Waals surface area (Å²) in [5, 5.41) is 15.5. The maximum atomic E-state index is 15.8. The number of fused-ring (bicyclic) bond motifs is 2. The molecule has 0 aliphatic carbocycles. The Kier molecular flexibility index (Phi) is 7.45. The van der Waals surface area contributed by atoms with Gasteiger partial charge in [0.15, 0.2) is 23.3 Å². The number of hydrogen-bond acceptors (Lipinski definition) is 5. The highest BCUT2D eigenvalue weighted by Crippen LogP contribution is 2.44. The van der Waals surface area contributed by atoms with Gasteiger partial charge < -0.3 is 14.6 Å². The lowest BCUT2D eigenvalue weighted by molar-refractivity contribution is -0.160. The molecule has 3 heterocycles. The molecule has 5 aromatic rings. The van der Waals surface area contributed by atoms with Gasteiger partial charge in [-0.2, -0.15) is 5.10 Å². The van der Waals surface area contributed by atoms with Gasteiger partial charge >= 0.3 is 5.97 Å². The number of ether oxygens (including phenoxy) is 2. The Morgan fingerprint density at radius 1 is 1.05 bits per heavy atom. The third-order valence-corrected chi connectivity index (χ3v) is 7.82. The number of carbonyl (C=O) groups is 1. The molecule has 0 spiro atoms. The zero-order valence-electron chi connectivity index (χ0n) is 25.2. The molecule has 1 atom stereocenters. The van der Waals surface area contributed by atoms with Crippen molar-refractivity contribution in [3.05, 3.63) is 94.7 Å². The van der Waals surface area contributed by atoms with Crippen LogP contribution in [0.1, 0.15) is 55.7 Å². The molecule has 0 fully saturated rings. The molecular weight excluding hydrogens is 564 g/mol. The van der Waals surface area contributed by atoms with Crippen LogP contribution in [-0.4, -0.2) is 37.9 Å². The predicted octanol–water partition coefficient (Wildman–Crippen LogP) is 7.89. The number of rotatable bonds is 6. The topological polar surface area (TPSA) is 86.0 Å². The van der Waals surface area contributed by atoms with E-state index in [1.165, 1.54) is 18.2 Å². The highest BCUT2D eigenvalue weighted by Gasteiger charge is 2.35. The summed E-state index contributed by atoms with van der Waals surface area (Å²) in [5.41, 5.74) is 5.22. The van der Waals surface area contributed by atoms with Crippen molar-refractivity contribution in [1.29, 1.82) is 0 Å². The quantitative estimate of drug-likeness (QED) is 0.214. The van der Waals surface area contributed by atoms with Crippen LogP contribution in [0.2, 0.25) is 0 Å². The summed E-state index contributed by atoms with van der Waals surface area (Å²) in [7, 11) is 0. The molecule has 0 saturated carbocycles. The normalized spacial score (nSPS) is 13.9. The highest BCUT2D eigenvalue weighted by atomic mass is 19.1. The first kappa shape index (κ1) is 29.4. The van der Waals surface area contributed by atoms with Crippen LogP contribution in [0.4, 0.5) is 8.78 Å². The van der Waals surface area contributed by atoms with Gasteiger partial charge in [-0.05, 0) is 76.8 Å². The van der Waals surface area contributed by atoms with Gasteiger partial charge in [-0.1, -0.05) is 42.5 Å². The minimum Gasteiger partial charge on any atom is -0.490 e. The number of nitrogens with zero attached hydrogens (tertiary/aromatic N) is 3. The molecule has 1 aliphatic heterocycles. The molecule has 2 aromatic heterocycles. The Labute approximate surface area is 254 Å². The van der Waals surface area contributed by atoms with Gasteiger partial charge in [0.05, 0.1) is 23.5 Å². The van der Waals surface area contributed by atoms with E-state index in [-0.39, 0.29) is 17.1 Å². The summed E-state index contributed by atoms with van der Waals surface area (Å²) in [5.74, 6) is -1.91. The number of hydrogen-bond donors (Lipinski definition) is 1. The largest absolute Gasteiger partial charge is 0.490 e. The van der Waals surface area contributed by atoms with E-state index < -0.39 is 23.5 Å². The van der Waals surface area contributed by atoms with E-state index in [4.69, 9.17) is 19.6 Å². The molecule has 6 rings (SSSR count). The third-order valence-electron chi connectivity index (χ3n) is 7.82. The highest BCUT2D eigenvalue weighted by molar-refractivity contribution is 5.92. The van der Waals surface area contributed by atoms with Gasteiger partial charge in [0.2, 0.25) is 0 Å². The molecule has 0 amide bonds. The summed E-state index contributed by atoms with van der Waals surface area (Å²) in [4.78, 5) is 17.8. The van der Waals surface area contributed by atoms with E-state index >= 15 is 4.39 Å². The SMILES string of the molecule is Cc1nc2c(-c3ccc(F)cc3)c(-c3ccccc3)nn2c(-c2cc(F)c3c(c2C)CCCO3)c1C(OC(C)(C)C)C(=O)O. The molecule has 0 bridgehead atoms. The van der Waals surface area contributed by atoms with E-state index in [2.05, 4.69) is 0 Å². The van der Waals surface area contributed by atoms with Crippen molar-refractivity contribution in [2.24, 2.45) is 0 Å². The van der Waals surface area contributed by atoms with Gasteiger partial charge in [0.1, 0.15) is 11.5 Å². The van der Waals surface area contributed by atoms with Gasteiger partial charge in [-0.25, -0.2) is 23.1 Å². The second-order valence-corrected chi connectivity index (χ2v) is 12.0. The molecule has 44 heavy (non-hydrogen) atoms. The van der Waals surface area contributed by atoms with Crippen molar-refractivity contribution in [1.82, 2.24) is 14.6 Å². The number of carboxylic acid groups (broad SMARTS) is 1. The van der Waals surface area contributed by atoms with E-state index in [0.29, 0.717) is 52.4 Å². The van der Waals surface area contributed by atoms with Crippen LogP contribution in [0, 0.1) is 25.5 Å². The Hall–Kier alpha value is -4.63. The van der Waals surface area contributed by atoms with Crippen LogP contribution in [0.5, 0.6) is 5.75 Å².